The fourth-order valence-electron chi connectivity index (χ4n) is 11.9. The molecular formula is C84H103N3O6. The molecule has 7 aromatic rings. The van der Waals surface area contributed by atoms with E-state index >= 15 is 0 Å². The lowest BCUT2D eigenvalue weighted by Gasteiger charge is -2.57. The molecule has 9 heteroatoms. The number of ether oxygens (including phenoxy) is 4. The van der Waals surface area contributed by atoms with Gasteiger partial charge in [-0.15, -0.1) is 0 Å². The molecule has 1 heterocycles. The third-order valence-electron chi connectivity index (χ3n) is 17.9. The van der Waals surface area contributed by atoms with Crippen molar-refractivity contribution in [2.24, 2.45) is 16.3 Å². The van der Waals surface area contributed by atoms with Crippen LogP contribution in [0.4, 0.5) is 5.69 Å². The maximum absolute atomic E-state index is 12.7. The predicted octanol–water partition coefficient (Wildman–Crippen LogP) is 22.1. The van der Waals surface area contributed by atoms with Gasteiger partial charge >= 0.3 is 11.9 Å². The Bertz CT molecular complexity index is 3400. The largest absolute Gasteiger partial charge is 0.497 e. The Kier molecular flexibility index (Phi) is 32.0. The summed E-state index contributed by atoms with van der Waals surface area (Å²) in [6.07, 6.45) is 29.7. The zero-order chi connectivity index (χ0) is 66.5. The first kappa shape index (κ1) is 73.5. The van der Waals surface area contributed by atoms with Crippen molar-refractivity contribution in [3.05, 3.63) is 221 Å². The molecular weight excluding hydrogens is 1150 g/mol. The van der Waals surface area contributed by atoms with E-state index in [0.717, 1.165) is 72.8 Å². The fraction of sp³-hybridized carbons (Fsp3) is 0.417. The van der Waals surface area contributed by atoms with Crippen molar-refractivity contribution in [3.8, 4) is 45.9 Å². The van der Waals surface area contributed by atoms with Crippen molar-refractivity contribution in [1.82, 2.24) is 0 Å². The Labute approximate surface area is 558 Å². The Balaban J connectivity index is 0.000000205. The number of aliphatic imine (C=N–C) groups is 1. The van der Waals surface area contributed by atoms with Gasteiger partial charge in [-0.2, -0.15) is 10.5 Å². The fourth-order valence-corrected chi connectivity index (χ4v) is 11.9. The maximum Gasteiger partial charge on any atom is 0.338 e. The van der Waals surface area contributed by atoms with Crippen LogP contribution in [-0.2, 0) is 33.5 Å². The highest BCUT2D eigenvalue weighted by atomic mass is 16.6. The molecule has 0 radical (unpaired) electrons. The average molecular weight is 1250 g/mol. The van der Waals surface area contributed by atoms with Crippen LogP contribution in [0.2, 0.25) is 0 Å². The normalized spacial score (nSPS) is 16.6. The van der Waals surface area contributed by atoms with Crippen molar-refractivity contribution in [2.75, 3.05) is 13.7 Å². The second-order valence-electron chi connectivity index (χ2n) is 25.0. The first-order chi connectivity index (χ1) is 45.4. The molecule has 2 aliphatic rings. The first-order valence-electron chi connectivity index (χ1n) is 34.6. The van der Waals surface area contributed by atoms with Gasteiger partial charge in [0.05, 0.1) is 48.2 Å². The van der Waals surface area contributed by atoms with Gasteiger partial charge in [-0.3, -0.25) is 9.79 Å². The highest BCUT2D eigenvalue weighted by molar-refractivity contribution is 5.90. The smallest absolute Gasteiger partial charge is 0.338 e. The van der Waals surface area contributed by atoms with Crippen LogP contribution in [0.5, 0.6) is 11.5 Å². The molecule has 1 saturated heterocycles. The zero-order valence-corrected chi connectivity index (χ0v) is 57.1. The third-order valence-corrected chi connectivity index (χ3v) is 17.9. The number of hydrogen-bond donors (Lipinski definition) is 0. The van der Waals surface area contributed by atoms with Gasteiger partial charge in [-0.25, -0.2) is 4.79 Å². The molecule has 0 aromatic heterocycles. The number of nitriles is 2. The summed E-state index contributed by atoms with van der Waals surface area (Å²) >= 11 is 0. The zero-order valence-electron chi connectivity index (χ0n) is 57.1. The topological polar surface area (TPSA) is 131 Å². The van der Waals surface area contributed by atoms with Gasteiger partial charge < -0.3 is 18.9 Å². The Morgan fingerprint density at radius 2 is 1.08 bits per heavy atom. The second kappa shape index (κ2) is 40.4. The van der Waals surface area contributed by atoms with Crippen LogP contribution in [0.3, 0.4) is 0 Å². The lowest BCUT2D eigenvalue weighted by Crippen LogP contribution is -2.67. The summed E-state index contributed by atoms with van der Waals surface area (Å²) in [4.78, 5) is 29.9. The quantitative estimate of drug-likeness (QED) is 0.0196. The van der Waals surface area contributed by atoms with Gasteiger partial charge in [0.2, 0.25) is 0 Å². The molecule has 1 spiro atoms. The lowest BCUT2D eigenvalue weighted by atomic mass is 9.57. The summed E-state index contributed by atoms with van der Waals surface area (Å²) in [6.45, 7) is 16.0. The molecule has 0 amide bonds. The molecule has 1 aliphatic carbocycles. The van der Waals surface area contributed by atoms with E-state index in [2.05, 4.69) is 138 Å². The minimum absolute atomic E-state index is 0.0823. The number of carbonyl (C=O) groups is 2. The van der Waals surface area contributed by atoms with Crippen molar-refractivity contribution >= 4 is 23.8 Å². The molecule has 1 saturated carbocycles. The van der Waals surface area contributed by atoms with Gasteiger partial charge in [0.1, 0.15) is 28.6 Å². The van der Waals surface area contributed by atoms with E-state index < -0.39 is 11.0 Å². The summed E-state index contributed by atoms with van der Waals surface area (Å²) in [5, 5.41) is 17.6. The van der Waals surface area contributed by atoms with Gasteiger partial charge in [0, 0.05) is 6.21 Å². The molecule has 1 aliphatic heterocycles. The summed E-state index contributed by atoms with van der Waals surface area (Å²) < 4.78 is 22.6. The van der Waals surface area contributed by atoms with Crippen LogP contribution in [0, 0.1) is 34.0 Å². The SMILES string of the molecule is C/C=C/C1(CCCCCC)OC(=O)C12CCC(OC(=O)c1ccc(OCCCCCC)cc1)CC2.CCC(C)Cc1ccc(-c2ccc(C#N)cc2)cc1.CCCCCc1ccc(-c2ccc(C#N)cc2)cc1.CCCCc1ccc(N=Cc2ccc(OC)cc2)cc1. The number of carbonyl (C=O) groups excluding carboxylic acids is 2. The van der Waals surface area contributed by atoms with Gasteiger partial charge in [0.15, 0.2) is 0 Å². The van der Waals surface area contributed by atoms with E-state index in [9.17, 15) is 9.59 Å². The number of nitrogens with zero attached hydrogens (tertiary/aromatic N) is 3. The molecule has 2 unspecified atom stereocenters. The Hall–Kier alpha value is -8.53. The standard InChI is InChI=1S/C30H44O5.C18H21NO.2C18H19N/c1-4-7-9-11-20-30(19-6-3)29(28(32)35-30)21-17-26(18-22-29)34-27(31)24-13-15-25(16-14-24)33-23-12-10-8-5-2;1-3-4-5-15-6-10-17(11-7-15)19-14-16-8-12-18(20-2)13-9-16;1-3-14(2)12-15-4-8-17(9-5-15)18-10-6-16(13-19)7-11-18;1-2-3-4-5-15-6-10-17(11-7-15)18-12-8-16(14-19)9-13-18/h6,13-16,19,26H,4-5,7-12,17-18,20-23H2,1-3H3;6-14H,3-5H2,1-2H3;4-11,14H,3,12H2,1-2H3;6-13H,2-5H2,1H3/b19-6+;;;. The van der Waals surface area contributed by atoms with Crippen LogP contribution in [0.25, 0.3) is 22.3 Å². The minimum Gasteiger partial charge on any atom is -0.497 e. The monoisotopic (exact) mass is 1250 g/mol. The van der Waals surface area contributed by atoms with Crippen LogP contribution >= 0.6 is 0 Å². The number of cyclic esters (lactones) is 1. The first-order valence-corrected chi connectivity index (χ1v) is 34.6. The van der Waals surface area contributed by atoms with Crippen LogP contribution in [0.15, 0.2) is 187 Å². The number of unbranched alkanes of at least 4 members (excludes halogenated alkanes) is 9. The summed E-state index contributed by atoms with van der Waals surface area (Å²) in [6, 6.07) is 60.8. The van der Waals surface area contributed by atoms with Crippen molar-refractivity contribution in [1.29, 1.82) is 10.5 Å². The Morgan fingerprint density at radius 3 is 1.57 bits per heavy atom. The number of rotatable bonds is 29. The third kappa shape index (κ3) is 23.5. The highest BCUT2D eigenvalue weighted by Crippen LogP contribution is 2.58. The molecule has 2 fully saturated rings. The molecule has 0 bridgehead atoms. The van der Waals surface area contributed by atoms with E-state index in [-0.39, 0.29) is 18.0 Å². The number of aryl methyl sites for hydroxylation is 2. The van der Waals surface area contributed by atoms with Crippen LogP contribution in [-0.4, -0.2) is 43.6 Å². The van der Waals surface area contributed by atoms with E-state index in [1.807, 2.05) is 104 Å². The number of hydrogen-bond acceptors (Lipinski definition) is 9. The van der Waals surface area contributed by atoms with Crippen molar-refractivity contribution in [3.63, 3.8) is 0 Å². The van der Waals surface area contributed by atoms with Gasteiger partial charge in [0.25, 0.3) is 0 Å². The minimum atomic E-state index is -0.492. The average Bonchev–Trinajstić information content (AvgIpc) is 0.707. The van der Waals surface area contributed by atoms with Gasteiger partial charge in [-0.1, -0.05) is 197 Å². The number of benzene rings is 7. The molecule has 490 valence electrons. The van der Waals surface area contributed by atoms with E-state index in [4.69, 9.17) is 29.5 Å². The molecule has 9 rings (SSSR count). The summed E-state index contributed by atoms with van der Waals surface area (Å²) in [7, 11) is 1.67. The van der Waals surface area contributed by atoms with Crippen LogP contribution < -0.4 is 9.47 Å². The summed E-state index contributed by atoms with van der Waals surface area (Å²) in [5.74, 6) is 1.99. The van der Waals surface area contributed by atoms with Crippen LogP contribution in [0.1, 0.15) is 214 Å². The van der Waals surface area contributed by atoms with E-state index in [1.54, 1.807) is 19.2 Å². The van der Waals surface area contributed by atoms with E-state index in [0.29, 0.717) is 49.0 Å². The van der Waals surface area contributed by atoms with Crippen molar-refractivity contribution in [2.45, 2.75) is 201 Å². The predicted molar refractivity (Wildman–Crippen MR) is 383 cm³/mol. The Morgan fingerprint density at radius 1 is 0.591 bits per heavy atom. The van der Waals surface area contributed by atoms with E-state index in [1.165, 1.54) is 110 Å². The number of methoxy groups -OCH3 is 1. The number of allylic oxidation sites excluding steroid dienone is 1. The van der Waals surface area contributed by atoms with Crippen molar-refractivity contribution < 1.29 is 28.5 Å². The highest BCUT2D eigenvalue weighted by Gasteiger charge is 2.67. The molecule has 2 atom stereocenters. The molecule has 7 aromatic carbocycles. The summed E-state index contributed by atoms with van der Waals surface area (Å²) in [5.41, 5.74) is 12.0. The molecule has 93 heavy (non-hydrogen) atoms. The maximum atomic E-state index is 12.7. The second-order valence-corrected chi connectivity index (χ2v) is 25.0. The molecule has 0 N–H and O–H groups in total. The molecule has 9 nitrogen and oxygen atoms in total. The number of esters is 2. The lowest BCUT2D eigenvalue weighted by molar-refractivity contribution is -0.241. The van der Waals surface area contributed by atoms with Gasteiger partial charge in [-0.05, 0) is 225 Å².